The van der Waals surface area contributed by atoms with Crippen molar-refractivity contribution in [2.45, 2.75) is 10.8 Å². The summed E-state index contributed by atoms with van der Waals surface area (Å²) in [4.78, 5) is 8.17. The molecule has 114 valence electrons. The predicted molar refractivity (Wildman–Crippen MR) is 84.7 cm³/mol. The fraction of sp³-hybridized carbons (Fsp3) is 0.0769. The summed E-state index contributed by atoms with van der Waals surface area (Å²) in [5, 5.41) is 0. The molecular formula is C13H11ClN4O2S2. The van der Waals surface area contributed by atoms with E-state index in [1.807, 2.05) is 0 Å². The predicted octanol–water partition coefficient (Wildman–Crippen LogP) is 2.46. The largest absolute Gasteiger partial charge is 0.291 e. The first-order chi connectivity index (χ1) is 10.5. The van der Waals surface area contributed by atoms with Crippen molar-refractivity contribution >= 4 is 33.0 Å². The molecule has 0 saturated carbocycles. The number of rotatable bonds is 5. The van der Waals surface area contributed by atoms with E-state index in [1.54, 1.807) is 47.7 Å². The van der Waals surface area contributed by atoms with Crippen LogP contribution in [0.15, 0.2) is 53.4 Å². The number of aromatic nitrogens is 3. The summed E-state index contributed by atoms with van der Waals surface area (Å²) in [6.07, 6.45) is 6.67. The van der Waals surface area contributed by atoms with Gasteiger partial charge in [-0.05, 0) is 29.8 Å². The van der Waals surface area contributed by atoms with Gasteiger partial charge in [-0.25, -0.2) is 23.1 Å². The Morgan fingerprint density at radius 1 is 1.27 bits per heavy atom. The molecule has 6 nitrogen and oxygen atoms in total. The molecule has 0 fully saturated rings. The van der Waals surface area contributed by atoms with Crippen LogP contribution in [0, 0.1) is 0 Å². The van der Waals surface area contributed by atoms with Gasteiger partial charge in [0.15, 0.2) is 0 Å². The molecule has 0 amide bonds. The summed E-state index contributed by atoms with van der Waals surface area (Å²) in [6.45, 7) is 0.169. The van der Waals surface area contributed by atoms with Gasteiger partial charge in [0.2, 0.25) is 10.0 Å². The van der Waals surface area contributed by atoms with Gasteiger partial charge < -0.3 is 0 Å². The highest BCUT2D eigenvalue weighted by molar-refractivity contribution is 7.91. The van der Waals surface area contributed by atoms with Crippen LogP contribution < -0.4 is 4.72 Å². The molecule has 3 heterocycles. The molecule has 0 aliphatic rings. The van der Waals surface area contributed by atoms with E-state index in [2.05, 4.69) is 14.7 Å². The fourth-order valence-electron chi connectivity index (χ4n) is 1.80. The number of imidazole rings is 1. The molecule has 0 radical (unpaired) electrons. The van der Waals surface area contributed by atoms with Crippen molar-refractivity contribution in [3.8, 4) is 5.82 Å². The number of halogens is 1. The average Bonchev–Trinajstić information content (AvgIpc) is 3.17. The molecule has 0 spiro atoms. The number of nitrogens with zero attached hydrogens (tertiary/aromatic N) is 3. The standard InChI is InChI=1S/C13H11ClN4O2S2/c14-11-1-2-13(21-11)22(19,20)17-8-10-3-4-16-12(7-10)18-6-5-15-9-18/h1-7,9,17H,8H2. The molecule has 0 unspecified atom stereocenters. The second-order valence-corrected chi connectivity index (χ2v) is 8.08. The van der Waals surface area contributed by atoms with E-state index in [-0.39, 0.29) is 10.8 Å². The third kappa shape index (κ3) is 3.36. The molecule has 0 aromatic carbocycles. The minimum atomic E-state index is -3.56. The summed E-state index contributed by atoms with van der Waals surface area (Å²) in [5.74, 6) is 0.674. The number of nitrogens with one attached hydrogen (secondary N) is 1. The van der Waals surface area contributed by atoms with Gasteiger partial charge in [-0.2, -0.15) is 0 Å². The van der Waals surface area contributed by atoms with Crippen LogP contribution in [0.5, 0.6) is 0 Å². The van der Waals surface area contributed by atoms with E-state index in [1.165, 1.54) is 6.07 Å². The Labute approximate surface area is 136 Å². The smallest absolute Gasteiger partial charge is 0.250 e. The third-order valence-corrected chi connectivity index (χ3v) is 5.98. The molecular weight excluding hydrogens is 344 g/mol. The van der Waals surface area contributed by atoms with Crippen LogP contribution in [0.2, 0.25) is 4.34 Å². The van der Waals surface area contributed by atoms with Crippen molar-refractivity contribution in [3.63, 3.8) is 0 Å². The third-order valence-electron chi connectivity index (χ3n) is 2.86. The van der Waals surface area contributed by atoms with Crippen molar-refractivity contribution in [3.05, 3.63) is 59.1 Å². The first-order valence-corrected chi connectivity index (χ1v) is 8.91. The minimum Gasteiger partial charge on any atom is -0.291 e. The molecule has 3 aromatic rings. The zero-order valence-electron chi connectivity index (χ0n) is 11.2. The molecule has 9 heteroatoms. The molecule has 0 bridgehead atoms. The van der Waals surface area contributed by atoms with Gasteiger partial charge >= 0.3 is 0 Å². The van der Waals surface area contributed by atoms with Crippen LogP contribution >= 0.6 is 22.9 Å². The Balaban J connectivity index is 1.75. The zero-order valence-corrected chi connectivity index (χ0v) is 13.6. The lowest BCUT2D eigenvalue weighted by molar-refractivity contribution is 0.583. The van der Waals surface area contributed by atoms with E-state index in [9.17, 15) is 8.42 Å². The molecule has 3 aromatic heterocycles. The van der Waals surface area contributed by atoms with Gasteiger partial charge in [0.25, 0.3) is 0 Å². The lowest BCUT2D eigenvalue weighted by Gasteiger charge is -2.07. The van der Waals surface area contributed by atoms with Gasteiger partial charge in [0, 0.05) is 25.1 Å². The zero-order chi connectivity index (χ0) is 15.6. The summed E-state index contributed by atoms with van der Waals surface area (Å²) in [7, 11) is -3.56. The molecule has 1 N–H and O–H groups in total. The molecule has 0 atom stereocenters. The van der Waals surface area contributed by atoms with Gasteiger partial charge in [-0.1, -0.05) is 11.6 Å². The number of thiophene rings is 1. The summed E-state index contributed by atoms with van der Waals surface area (Å²) < 4.78 is 29.2. The minimum absolute atomic E-state index is 0.169. The lowest BCUT2D eigenvalue weighted by atomic mass is 10.2. The van der Waals surface area contributed by atoms with Crippen LogP contribution in [0.1, 0.15) is 5.56 Å². The molecule has 0 saturated heterocycles. The quantitative estimate of drug-likeness (QED) is 0.763. The van der Waals surface area contributed by atoms with Gasteiger partial charge in [-0.15, -0.1) is 11.3 Å². The van der Waals surface area contributed by atoms with E-state index in [0.29, 0.717) is 10.2 Å². The van der Waals surface area contributed by atoms with Crippen LogP contribution in [-0.4, -0.2) is 23.0 Å². The Morgan fingerprint density at radius 2 is 2.14 bits per heavy atom. The molecule has 22 heavy (non-hydrogen) atoms. The Kier molecular flexibility index (Phi) is 4.25. The van der Waals surface area contributed by atoms with E-state index >= 15 is 0 Å². The van der Waals surface area contributed by atoms with Crippen LogP contribution in [-0.2, 0) is 16.6 Å². The molecule has 0 aliphatic carbocycles. The number of hydrogen-bond donors (Lipinski definition) is 1. The SMILES string of the molecule is O=S(=O)(NCc1ccnc(-n2ccnc2)c1)c1ccc(Cl)s1. The summed E-state index contributed by atoms with van der Waals surface area (Å²) in [5.41, 5.74) is 0.796. The van der Waals surface area contributed by atoms with Crippen molar-refractivity contribution in [1.82, 2.24) is 19.3 Å². The fourth-order valence-corrected chi connectivity index (χ4v) is 4.34. The maximum Gasteiger partial charge on any atom is 0.250 e. The van der Waals surface area contributed by atoms with Crippen LogP contribution in [0.4, 0.5) is 0 Å². The molecule has 3 rings (SSSR count). The highest BCUT2D eigenvalue weighted by Crippen LogP contribution is 2.25. The van der Waals surface area contributed by atoms with Crippen LogP contribution in [0.25, 0.3) is 5.82 Å². The first-order valence-electron chi connectivity index (χ1n) is 6.23. The monoisotopic (exact) mass is 354 g/mol. The van der Waals surface area contributed by atoms with E-state index < -0.39 is 10.0 Å². The Hall–Kier alpha value is -1.74. The normalized spacial score (nSPS) is 11.7. The van der Waals surface area contributed by atoms with Crippen LogP contribution in [0.3, 0.4) is 0 Å². The Bertz CT molecular complexity index is 875. The maximum absolute atomic E-state index is 12.1. The van der Waals surface area contributed by atoms with Crippen molar-refractivity contribution < 1.29 is 8.42 Å². The highest BCUT2D eigenvalue weighted by Gasteiger charge is 2.16. The summed E-state index contributed by atoms with van der Waals surface area (Å²) >= 11 is 6.79. The van der Waals surface area contributed by atoms with Crippen molar-refractivity contribution in [1.29, 1.82) is 0 Å². The van der Waals surface area contributed by atoms with E-state index in [4.69, 9.17) is 11.6 Å². The topological polar surface area (TPSA) is 76.9 Å². The lowest BCUT2D eigenvalue weighted by Crippen LogP contribution is -2.22. The number of pyridine rings is 1. The maximum atomic E-state index is 12.1. The highest BCUT2D eigenvalue weighted by atomic mass is 35.5. The van der Waals surface area contributed by atoms with Gasteiger partial charge in [0.05, 0.1) is 4.34 Å². The summed E-state index contributed by atoms with van der Waals surface area (Å²) in [6, 6.07) is 6.60. The number of hydrogen-bond acceptors (Lipinski definition) is 5. The number of sulfonamides is 1. The second-order valence-electron chi connectivity index (χ2n) is 4.38. The van der Waals surface area contributed by atoms with Crippen molar-refractivity contribution in [2.24, 2.45) is 0 Å². The average molecular weight is 355 g/mol. The second kappa shape index (κ2) is 6.17. The van der Waals surface area contributed by atoms with Crippen molar-refractivity contribution in [2.75, 3.05) is 0 Å². The van der Waals surface area contributed by atoms with Gasteiger partial charge in [0.1, 0.15) is 16.4 Å². The molecule has 0 aliphatic heterocycles. The van der Waals surface area contributed by atoms with Gasteiger partial charge in [-0.3, -0.25) is 4.57 Å². The Morgan fingerprint density at radius 3 is 2.82 bits per heavy atom. The van der Waals surface area contributed by atoms with E-state index in [0.717, 1.165) is 16.9 Å². The first kappa shape index (κ1) is 15.2.